The third-order valence-corrected chi connectivity index (χ3v) is 13.5. The maximum atomic E-state index is 8.57. The average Bonchev–Trinajstić information content (AvgIpc) is 3.99. The first-order valence-electron chi connectivity index (χ1n) is 26.4. The number of hydrogen-bond donors (Lipinski definition) is 0. The molecule has 1 aliphatic rings. The molecular formula is C64H52N4OPt-2. The van der Waals surface area contributed by atoms with Crippen LogP contribution in [0.2, 0.25) is 0 Å². The molecule has 6 heteroatoms. The standard InChI is InChI=1S/C64H52N4O.Pt/c1-40-17-13-18-41(2)60(40)42-29-31-49-47-21-9-10-22-48(47)52-25-16-28-57-62(52)67(61-53(54(49)35-42)24-15-26-55(61)64(6,7)8)39-66(57)44-19-14-20-45(37-44)69-46-30-32-51-50-23-11-12-27-56(50)68(58(51)38-46)59-36-43(33-34-65-59)63(3,4)5;/h9-36H,1-8H3;/q-2;/i1D3,2D3;. The van der Waals surface area contributed by atoms with E-state index in [4.69, 9.17) is 17.9 Å². The van der Waals surface area contributed by atoms with Gasteiger partial charge in [-0.15, -0.1) is 29.7 Å². The molecule has 0 unspecified atom stereocenters. The van der Waals surface area contributed by atoms with Gasteiger partial charge in [-0.3, -0.25) is 4.57 Å². The van der Waals surface area contributed by atoms with Gasteiger partial charge in [0, 0.05) is 52.5 Å². The smallest absolute Gasteiger partial charge is 0.268 e. The fourth-order valence-corrected chi connectivity index (χ4v) is 10.2. The van der Waals surface area contributed by atoms with Crippen molar-refractivity contribution < 1.29 is 38.6 Å². The Kier molecular flexibility index (Phi) is 9.33. The molecule has 0 atom stereocenters. The molecular weight excluding hydrogens is 1040 g/mol. The van der Waals surface area contributed by atoms with Crippen molar-refractivity contribution in [2.24, 2.45) is 0 Å². The largest absolute Gasteiger partial charge is 0.510 e. The van der Waals surface area contributed by atoms with Gasteiger partial charge in [-0.1, -0.05) is 156 Å². The van der Waals surface area contributed by atoms with Crippen LogP contribution in [0.3, 0.4) is 0 Å². The molecule has 0 spiro atoms. The first-order chi connectivity index (χ1) is 35.7. The van der Waals surface area contributed by atoms with Crippen molar-refractivity contribution in [3.63, 3.8) is 0 Å². The van der Waals surface area contributed by atoms with E-state index >= 15 is 0 Å². The fourth-order valence-electron chi connectivity index (χ4n) is 10.2. The fraction of sp³-hybridized carbons (Fsp3) is 0.156. The second-order valence-corrected chi connectivity index (χ2v) is 20.0. The van der Waals surface area contributed by atoms with Crippen LogP contribution in [0.4, 0.5) is 0 Å². The average molecular weight is 1090 g/mol. The summed E-state index contributed by atoms with van der Waals surface area (Å²) in [6.45, 7) is 8.04. The molecule has 346 valence electrons. The van der Waals surface area contributed by atoms with E-state index in [0.29, 0.717) is 22.7 Å². The Labute approximate surface area is 433 Å². The zero-order valence-electron chi connectivity index (χ0n) is 45.7. The molecule has 0 saturated carbocycles. The monoisotopic (exact) mass is 1090 g/mol. The molecule has 1 aliphatic heterocycles. The predicted octanol–water partition coefficient (Wildman–Crippen LogP) is 15.8. The number of hydrogen-bond acceptors (Lipinski definition) is 2. The van der Waals surface area contributed by atoms with Crippen LogP contribution in [0.15, 0.2) is 170 Å². The van der Waals surface area contributed by atoms with E-state index < -0.39 is 13.7 Å². The van der Waals surface area contributed by atoms with Gasteiger partial charge in [-0.25, -0.2) is 4.98 Å². The summed E-state index contributed by atoms with van der Waals surface area (Å²) >= 11 is 0. The van der Waals surface area contributed by atoms with Gasteiger partial charge in [0.15, 0.2) is 0 Å². The Morgan fingerprint density at radius 3 is 2.03 bits per heavy atom. The van der Waals surface area contributed by atoms with Gasteiger partial charge in [-0.2, -0.15) is 18.2 Å². The number of imidazole rings is 1. The summed E-state index contributed by atoms with van der Waals surface area (Å²) in [4.78, 5) is 4.86. The van der Waals surface area contributed by atoms with Gasteiger partial charge >= 0.3 is 0 Å². The number of aryl methyl sites for hydroxylation is 2. The number of ether oxygens (including phenoxy) is 1. The molecule has 0 fully saturated rings. The molecule has 11 aromatic rings. The maximum absolute atomic E-state index is 8.57. The summed E-state index contributed by atoms with van der Waals surface area (Å²) < 4.78 is 64.5. The van der Waals surface area contributed by atoms with E-state index in [1.165, 1.54) is 23.8 Å². The van der Waals surface area contributed by atoms with E-state index in [-0.39, 0.29) is 48.6 Å². The van der Waals surface area contributed by atoms with E-state index in [9.17, 15) is 0 Å². The summed E-state index contributed by atoms with van der Waals surface area (Å²) in [5.74, 6) is 1.83. The van der Waals surface area contributed by atoms with Gasteiger partial charge in [0.1, 0.15) is 5.82 Å². The van der Waals surface area contributed by atoms with Crippen LogP contribution >= 0.6 is 0 Å². The summed E-state index contributed by atoms with van der Waals surface area (Å²) in [7, 11) is 0. The Hall–Kier alpha value is -7.33. The predicted molar refractivity (Wildman–Crippen MR) is 282 cm³/mol. The molecule has 0 N–H and O–H groups in total. The molecule has 4 heterocycles. The minimum atomic E-state index is -2.58. The second kappa shape index (κ2) is 17.0. The molecule has 3 aromatic heterocycles. The minimum absolute atomic E-state index is 0. The number of para-hydroxylation sites is 3. The zero-order valence-corrected chi connectivity index (χ0v) is 42.0. The van der Waals surface area contributed by atoms with Crippen molar-refractivity contribution in [2.75, 3.05) is 0 Å². The maximum Gasteiger partial charge on any atom is 0.268 e. The van der Waals surface area contributed by atoms with Gasteiger partial charge in [0.2, 0.25) is 0 Å². The number of aromatic nitrogens is 4. The van der Waals surface area contributed by atoms with E-state index in [1.807, 2.05) is 71.4 Å². The van der Waals surface area contributed by atoms with Crippen LogP contribution in [-0.4, -0.2) is 14.1 Å². The van der Waals surface area contributed by atoms with Crippen molar-refractivity contribution in [1.29, 1.82) is 0 Å². The molecule has 8 aromatic carbocycles. The molecule has 12 rings (SSSR count). The van der Waals surface area contributed by atoms with Crippen LogP contribution in [0.5, 0.6) is 11.5 Å². The Morgan fingerprint density at radius 2 is 1.24 bits per heavy atom. The van der Waals surface area contributed by atoms with E-state index in [2.05, 4.69) is 154 Å². The number of fused-ring (bicyclic) bond motifs is 10. The van der Waals surface area contributed by atoms with Crippen molar-refractivity contribution >= 4 is 32.8 Å². The normalized spacial score (nSPS) is 13.8. The molecule has 0 saturated heterocycles. The van der Waals surface area contributed by atoms with E-state index in [0.717, 1.165) is 83.3 Å². The first kappa shape index (κ1) is 38.5. The summed E-state index contributed by atoms with van der Waals surface area (Å²) in [6.07, 6.45) is 5.70. The number of rotatable bonds is 5. The Bertz CT molecular complexity index is 4080. The van der Waals surface area contributed by atoms with Gasteiger partial charge in [0.25, 0.3) is 6.33 Å². The van der Waals surface area contributed by atoms with Crippen LogP contribution in [0.25, 0.3) is 94.5 Å². The summed E-state index contributed by atoms with van der Waals surface area (Å²) in [5, 5.41) is 2.13. The molecule has 0 radical (unpaired) electrons. The number of benzene rings is 8. The number of nitrogens with zero attached hydrogens (tertiary/aromatic N) is 4. The van der Waals surface area contributed by atoms with Crippen LogP contribution in [-0.2, 0) is 31.9 Å². The summed E-state index contributed by atoms with van der Waals surface area (Å²) in [5.41, 5.74) is 13.3. The van der Waals surface area contributed by atoms with Crippen molar-refractivity contribution in [1.82, 2.24) is 14.1 Å². The third kappa shape index (κ3) is 7.42. The van der Waals surface area contributed by atoms with Gasteiger partial charge in [0.05, 0.1) is 16.7 Å². The first-order valence-corrected chi connectivity index (χ1v) is 23.4. The van der Waals surface area contributed by atoms with Crippen molar-refractivity contribution in [2.45, 2.75) is 66.1 Å². The topological polar surface area (TPSA) is 35.9 Å². The quantitative estimate of drug-likeness (QED) is 0.127. The molecule has 0 bridgehead atoms. The van der Waals surface area contributed by atoms with Gasteiger partial charge in [-0.05, 0) is 127 Å². The molecule has 0 aliphatic carbocycles. The molecule has 70 heavy (non-hydrogen) atoms. The number of pyridine rings is 1. The summed E-state index contributed by atoms with van der Waals surface area (Å²) in [6, 6.07) is 61.0. The zero-order chi connectivity index (χ0) is 52.3. The Morgan fingerprint density at radius 1 is 0.571 bits per heavy atom. The van der Waals surface area contributed by atoms with Crippen LogP contribution in [0.1, 0.15) is 72.0 Å². The van der Waals surface area contributed by atoms with Crippen LogP contribution < -0.4 is 9.30 Å². The van der Waals surface area contributed by atoms with Crippen molar-refractivity contribution in [3.8, 4) is 73.2 Å². The Balaban J connectivity index is 0.00000616. The van der Waals surface area contributed by atoms with Gasteiger partial charge < -0.3 is 13.9 Å². The SMILES string of the molecule is [2H]C([2H])([2H])c1cccc(C([2H])([2H])[2H])c1-c1ccc2c(c1)-c1cccc(C(C)(C)C)c1-[n+]1[c-]n(-c3[c-]c(Oc4[c-]c5c(cc4)c4ccccc4n5-c4cc(C(C)(C)C)ccn4)ccc3)c3cccc(c31)-c1ccccc1-2.[Pt]. The minimum Gasteiger partial charge on any atom is -0.510 e. The molecule has 5 nitrogen and oxygen atoms in total. The van der Waals surface area contributed by atoms with E-state index in [1.54, 1.807) is 0 Å². The molecule has 0 amide bonds. The van der Waals surface area contributed by atoms with Crippen molar-refractivity contribution in [3.05, 3.63) is 211 Å². The third-order valence-electron chi connectivity index (χ3n) is 13.5. The van der Waals surface area contributed by atoms with Crippen LogP contribution in [0, 0.1) is 32.2 Å². The second-order valence-electron chi connectivity index (χ2n) is 20.0.